The summed E-state index contributed by atoms with van der Waals surface area (Å²) in [7, 11) is 1.61. The van der Waals surface area contributed by atoms with E-state index in [1.807, 2.05) is 55.5 Å². The van der Waals surface area contributed by atoms with Crippen LogP contribution >= 0.6 is 0 Å². The zero-order valence-electron chi connectivity index (χ0n) is 15.5. The minimum atomic E-state index is -0.238. The third-order valence-electron chi connectivity index (χ3n) is 4.22. The third-order valence-corrected chi connectivity index (χ3v) is 4.22. The highest BCUT2D eigenvalue weighted by Gasteiger charge is 2.17. The van der Waals surface area contributed by atoms with Gasteiger partial charge in [0.1, 0.15) is 23.9 Å². The molecule has 5 heteroatoms. The smallest absolute Gasteiger partial charge is 0.287 e. The van der Waals surface area contributed by atoms with Gasteiger partial charge in [0.15, 0.2) is 5.76 Å². The quantitative estimate of drug-likeness (QED) is 0.626. The van der Waals surface area contributed by atoms with E-state index in [1.165, 1.54) is 0 Å². The van der Waals surface area contributed by atoms with Crippen LogP contribution in [0.25, 0.3) is 0 Å². The van der Waals surface area contributed by atoms with Crippen LogP contribution < -0.4 is 14.8 Å². The molecule has 3 aromatic rings. The molecule has 1 N–H and O–H groups in total. The first-order valence-corrected chi connectivity index (χ1v) is 8.91. The van der Waals surface area contributed by atoms with Crippen molar-refractivity contribution in [1.82, 2.24) is 5.32 Å². The Morgan fingerprint density at radius 2 is 1.81 bits per heavy atom. The highest BCUT2D eigenvalue weighted by Crippen LogP contribution is 2.21. The summed E-state index contributed by atoms with van der Waals surface area (Å²) in [6.45, 7) is 2.27. The molecule has 1 aromatic heterocycles. The van der Waals surface area contributed by atoms with Crippen LogP contribution in [0.15, 0.2) is 71.1 Å². The molecule has 27 heavy (non-hydrogen) atoms. The molecule has 140 valence electrons. The number of carbonyl (C=O) groups is 1. The fourth-order valence-electron chi connectivity index (χ4n) is 2.76. The zero-order chi connectivity index (χ0) is 19.1. The van der Waals surface area contributed by atoms with Crippen molar-refractivity contribution in [2.24, 2.45) is 0 Å². The fraction of sp³-hybridized carbons (Fsp3) is 0.227. The summed E-state index contributed by atoms with van der Waals surface area (Å²) in [6.07, 6.45) is 0.794. The largest absolute Gasteiger partial charge is 0.497 e. The molecular weight excluding hydrogens is 342 g/mol. The van der Waals surface area contributed by atoms with E-state index < -0.39 is 0 Å². The first-order chi connectivity index (χ1) is 13.2. The van der Waals surface area contributed by atoms with Gasteiger partial charge in [0.25, 0.3) is 5.91 Å². The predicted molar refractivity (Wildman–Crippen MR) is 103 cm³/mol. The van der Waals surface area contributed by atoms with Crippen LogP contribution in [0, 0.1) is 0 Å². The zero-order valence-corrected chi connectivity index (χ0v) is 15.5. The molecule has 3 rings (SSSR count). The molecule has 0 saturated heterocycles. The van der Waals surface area contributed by atoms with E-state index in [1.54, 1.807) is 25.3 Å². The average molecular weight is 365 g/mol. The molecule has 2 aromatic carbocycles. The second kappa shape index (κ2) is 8.94. The van der Waals surface area contributed by atoms with Gasteiger partial charge in [-0.25, -0.2) is 0 Å². The molecule has 0 bridgehead atoms. The van der Waals surface area contributed by atoms with Crippen LogP contribution in [-0.4, -0.2) is 13.0 Å². The van der Waals surface area contributed by atoms with Crippen molar-refractivity contribution in [2.45, 2.75) is 26.0 Å². The van der Waals surface area contributed by atoms with Gasteiger partial charge in [0, 0.05) is 6.07 Å². The van der Waals surface area contributed by atoms with E-state index in [9.17, 15) is 4.79 Å². The number of amides is 1. The Kier molecular flexibility index (Phi) is 6.15. The topological polar surface area (TPSA) is 60.7 Å². The van der Waals surface area contributed by atoms with Crippen molar-refractivity contribution in [3.63, 3.8) is 0 Å². The minimum Gasteiger partial charge on any atom is -0.497 e. The molecule has 1 unspecified atom stereocenters. The molecule has 1 atom stereocenters. The van der Waals surface area contributed by atoms with Gasteiger partial charge in [-0.05, 0) is 36.2 Å². The summed E-state index contributed by atoms with van der Waals surface area (Å²) in [5, 5.41) is 3.01. The maximum atomic E-state index is 12.5. The first-order valence-electron chi connectivity index (χ1n) is 8.91. The summed E-state index contributed by atoms with van der Waals surface area (Å²) in [5.74, 6) is 2.01. The van der Waals surface area contributed by atoms with Crippen LogP contribution in [-0.2, 0) is 6.61 Å². The maximum absolute atomic E-state index is 12.5. The number of hydrogen-bond donors (Lipinski definition) is 1. The molecule has 1 amide bonds. The van der Waals surface area contributed by atoms with Crippen LogP contribution in [0.5, 0.6) is 11.5 Å². The average Bonchev–Trinajstić information content (AvgIpc) is 3.20. The number of ether oxygens (including phenoxy) is 2. The summed E-state index contributed by atoms with van der Waals surface area (Å²) < 4.78 is 16.5. The highest BCUT2D eigenvalue weighted by atomic mass is 16.5. The standard InChI is InChI=1S/C22H23NO4/c1-3-20(16-8-5-4-6-9-16)23-22(24)21-13-12-19(27-21)15-26-18-11-7-10-17(14-18)25-2/h4-14,20H,3,15H2,1-2H3,(H,23,24). The molecule has 0 aliphatic heterocycles. The second-order valence-electron chi connectivity index (χ2n) is 6.08. The van der Waals surface area contributed by atoms with Crippen LogP contribution in [0.1, 0.15) is 41.3 Å². The van der Waals surface area contributed by atoms with Crippen molar-refractivity contribution in [3.05, 3.63) is 83.8 Å². The Labute approximate surface area is 158 Å². The first kappa shape index (κ1) is 18.6. The lowest BCUT2D eigenvalue weighted by Gasteiger charge is -2.16. The number of furan rings is 1. The van der Waals surface area contributed by atoms with Crippen molar-refractivity contribution >= 4 is 5.91 Å². The van der Waals surface area contributed by atoms with Gasteiger partial charge in [0.05, 0.1) is 13.2 Å². The van der Waals surface area contributed by atoms with Crippen molar-refractivity contribution in [2.75, 3.05) is 7.11 Å². The Hall–Kier alpha value is -3.21. The summed E-state index contributed by atoms with van der Waals surface area (Å²) in [5.41, 5.74) is 1.07. The van der Waals surface area contributed by atoms with Gasteiger partial charge in [-0.1, -0.05) is 43.3 Å². The van der Waals surface area contributed by atoms with Crippen molar-refractivity contribution in [1.29, 1.82) is 0 Å². The molecule has 0 aliphatic rings. The van der Waals surface area contributed by atoms with E-state index >= 15 is 0 Å². The van der Waals surface area contributed by atoms with Crippen molar-refractivity contribution in [3.8, 4) is 11.5 Å². The lowest BCUT2D eigenvalue weighted by molar-refractivity contribution is 0.0903. The minimum absolute atomic E-state index is 0.0553. The van der Waals surface area contributed by atoms with Crippen LogP contribution in [0.2, 0.25) is 0 Å². The summed E-state index contributed by atoms with van der Waals surface area (Å²) in [6, 6.07) is 20.6. The molecule has 0 fully saturated rings. The van der Waals surface area contributed by atoms with Gasteiger partial charge in [-0.2, -0.15) is 0 Å². The molecular formula is C22H23NO4. The van der Waals surface area contributed by atoms with Crippen LogP contribution in [0.4, 0.5) is 0 Å². The lowest BCUT2D eigenvalue weighted by Crippen LogP contribution is -2.27. The Bertz CT molecular complexity index is 873. The lowest BCUT2D eigenvalue weighted by atomic mass is 10.0. The number of rotatable bonds is 8. The number of carbonyl (C=O) groups excluding carboxylic acids is 1. The second-order valence-corrected chi connectivity index (χ2v) is 6.08. The van der Waals surface area contributed by atoms with Gasteiger partial charge >= 0.3 is 0 Å². The molecule has 0 radical (unpaired) electrons. The molecule has 0 spiro atoms. The summed E-state index contributed by atoms with van der Waals surface area (Å²) >= 11 is 0. The van der Waals surface area contributed by atoms with Gasteiger partial charge in [-0.15, -0.1) is 0 Å². The van der Waals surface area contributed by atoms with Crippen molar-refractivity contribution < 1.29 is 18.7 Å². The van der Waals surface area contributed by atoms with Gasteiger partial charge in [-0.3, -0.25) is 4.79 Å². The normalized spacial score (nSPS) is 11.6. The number of hydrogen-bond acceptors (Lipinski definition) is 4. The summed E-state index contributed by atoms with van der Waals surface area (Å²) in [4.78, 5) is 12.5. The SMILES string of the molecule is CCC(NC(=O)c1ccc(COc2cccc(OC)c2)o1)c1ccccc1. The van der Waals surface area contributed by atoms with Crippen LogP contribution in [0.3, 0.4) is 0 Å². The number of benzene rings is 2. The maximum Gasteiger partial charge on any atom is 0.287 e. The highest BCUT2D eigenvalue weighted by molar-refractivity contribution is 5.91. The molecule has 5 nitrogen and oxygen atoms in total. The van der Waals surface area contributed by atoms with E-state index in [4.69, 9.17) is 13.9 Å². The van der Waals surface area contributed by atoms with E-state index in [0.717, 1.165) is 17.7 Å². The number of methoxy groups -OCH3 is 1. The Balaban J connectivity index is 1.60. The fourth-order valence-corrected chi connectivity index (χ4v) is 2.76. The Morgan fingerprint density at radius 1 is 1.04 bits per heavy atom. The molecule has 1 heterocycles. The predicted octanol–water partition coefficient (Wildman–Crippen LogP) is 4.75. The molecule has 0 saturated carbocycles. The third kappa shape index (κ3) is 4.91. The molecule has 0 aliphatic carbocycles. The number of nitrogens with one attached hydrogen (secondary N) is 1. The monoisotopic (exact) mass is 365 g/mol. The van der Waals surface area contributed by atoms with Gasteiger partial charge < -0.3 is 19.2 Å². The van der Waals surface area contributed by atoms with Gasteiger partial charge in [0.2, 0.25) is 0 Å². The van der Waals surface area contributed by atoms with E-state index in [0.29, 0.717) is 11.5 Å². The van der Waals surface area contributed by atoms with E-state index in [2.05, 4.69) is 5.32 Å². The Morgan fingerprint density at radius 3 is 2.56 bits per heavy atom. The van der Waals surface area contributed by atoms with E-state index in [-0.39, 0.29) is 24.3 Å².